The lowest BCUT2D eigenvalue weighted by atomic mass is 10.2. The van der Waals surface area contributed by atoms with Crippen LogP contribution in [-0.2, 0) is 0 Å². The number of anilines is 1. The van der Waals surface area contributed by atoms with Crippen LogP contribution in [0, 0.1) is 0 Å². The molecule has 1 aliphatic heterocycles. The standard InChI is InChI=1S/C18H13ClN2O3S/c19-12-3-1-2-11(8-12)18-21-14(10-25-18)17(22)20-13-4-5-15-16(9-13)24-7-6-23-15/h1-5,8-10H,6-7H2,(H,20,22). The first-order valence-corrected chi connectivity index (χ1v) is 8.87. The zero-order valence-corrected chi connectivity index (χ0v) is 14.6. The Balaban J connectivity index is 1.52. The molecule has 0 aliphatic carbocycles. The molecule has 7 heteroatoms. The maximum Gasteiger partial charge on any atom is 0.275 e. The molecule has 4 rings (SSSR count). The first kappa shape index (κ1) is 15.9. The van der Waals surface area contributed by atoms with Gasteiger partial charge >= 0.3 is 0 Å². The molecule has 0 atom stereocenters. The van der Waals surface area contributed by atoms with E-state index in [-0.39, 0.29) is 5.91 Å². The number of rotatable bonds is 3. The number of hydrogen-bond donors (Lipinski definition) is 1. The molecule has 1 N–H and O–H groups in total. The second kappa shape index (κ2) is 6.74. The third-order valence-corrected chi connectivity index (χ3v) is 4.73. The van der Waals surface area contributed by atoms with E-state index in [0.717, 1.165) is 10.6 Å². The van der Waals surface area contributed by atoms with E-state index in [9.17, 15) is 4.79 Å². The molecule has 0 fully saturated rings. The van der Waals surface area contributed by atoms with Crippen molar-refractivity contribution in [3.8, 4) is 22.1 Å². The van der Waals surface area contributed by atoms with E-state index in [1.54, 1.807) is 29.6 Å². The van der Waals surface area contributed by atoms with Gasteiger partial charge in [-0.05, 0) is 24.3 Å². The number of carbonyl (C=O) groups excluding carboxylic acids is 1. The van der Waals surface area contributed by atoms with Gasteiger partial charge in [-0.1, -0.05) is 23.7 Å². The van der Waals surface area contributed by atoms with Gasteiger partial charge in [-0.3, -0.25) is 4.79 Å². The number of benzene rings is 2. The van der Waals surface area contributed by atoms with Crippen LogP contribution in [-0.4, -0.2) is 24.1 Å². The third kappa shape index (κ3) is 3.45. The van der Waals surface area contributed by atoms with Crippen molar-refractivity contribution in [2.24, 2.45) is 0 Å². The zero-order chi connectivity index (χ0) is 17.2. The minimum atomic E-state index is -0.277. The van der Waals surface area contributed by atoms with Gasteiger partial charge in [0.25, 0.3) is 5.91 Å². The number of carbonyl (C=O) groups is 1. The van der Waals surface area contributed by atoms with Crippen molar-refractivity contribution in [1.82, 2.24) is 4.98 Å². The molecule has 0 unspecified atom stereocenters. The smallest absolute Gasteiger partial charge is 0.275 e. The lowest BCUT2D eigenvalue weighted by Gasteiger charge is -2.18. The topological polar surface area (TPSA) is 60.5 Å². The molecule has 1 aromatic heterocycles. The maximum absolute atomic E-state index is 12.4. The van der Waals surface area contributed by atoms with E-state index < -0.39 is 0 Å². The summed E-state index contributed by atoms with van der Waals surface area (Å²) < 4.78 is 11.0. The summed E-state index contributed by atoms with van der Waals surface area (Å²) in [6.07, 6.45) is 0. The Bertz CT molecular complexity index is 942. The monoisotopic (exact) mass is 372 g/mol. The van der Waals surface area contributed by atoms with E-state index >= 15 is 0 Å². The molecule has 2 heterocycles. The summed E-state index contributed by atoms with van der Waals surface area (Å²) in [7, 11) is 0. The largest absolute Gasteiger partial charge is 0.486 e. The molecular weight excluding hydrogens is 360 g/mol. The van der Waals surface area contributed by atoms with E-state index in [0.29, 0.717) is 41.1 Å². The molecular formula is C18H13ClN2O3S. The number of aromatic nitrogens is 1. The fourth-order valence-corrected chi connectivity index (χ4v) is 3.44. The average Bonchev–Trinajstić information content (AvgIpc) is 3.12. The molecule has 25 heavy (non-hydrogen) atoms. The Morgan fingerprint density at radius 2 is 1.96 bits per heavy atom. The summed E-state index contributed by atoms with van der Waals surface area (Å²) in [6.45, 7) is 1.03. The predicted molar refractivity (Wildman–Crippen MR) is 97.9 cm³/mol. The normalized spacial score (nSPS) is 12.7. The van der Waals surface area contributed by atoms with E-state index in [1.165, 1.54) is 11.3 Å². The van der Waals surface area contributed by atoms with Crippen molar-refractivity contribution in [2.75, 3.05) is 18.5 Å². The molecule has 0 bridgehead atoms. The van der Waals surface area contributed by atoms with Crippen LogP contribution < -0.4 is 14.8 Å². The third-order valence-electron chi connectivity index (χ3n) is 3.61. The molecule has 0 saturated heterocycles. The molecule has 0 radical (unpaired) electrons. The molecule has 126 valence electrons. The molecule has 5 nitrogen and oxygen atoms in total. The number of ether oxygens (including phenoxy) is 2. The highest BCUT2D eigenvalue weighted by Crippen LogP contribution is 2.33. The molecule has 2 aromatic carbocycles. The Morgan fingerprint density at radius 1 is 1.12 bits per heavy atom. The van der Waals surface area contributed by atoms with Crippen molar-refractivity contribution >= 4 is 34.5 Å². The first-order valence-electron chi connectivity index (χ1n) is 7.61. The maximum atomic E-state index is 12.4. The fraction of sp³-hybridized carbons (Fsp3) is 0.111. The number of amides is 1. The van der Waals surface area contributed by atoms with E-state index in [4.69, 9.17) is 21.1 Å². The van der Waals surface area contributed by atoms with Gasteiger partial charge in [0.15, 0.2) is 11.5 Å². The molecule has 0 spiro atoms. The van der Waals surface area contributed by atoms with Gasteiger partial charge in [0, 0.05) is 27.7 Å². The summed E-state index contributed by atoms with van der Waals surface area (Å²) >= 11 is 7.40. The van der Waals surface area contributed by atoms with Crippen LogP contribution in [0.25, 0.3) is 10.6 Å². The molecule has 3 aromatic rings. The highest BCUT2D eigenvalue weighted by atomic mass is 35.5. The fourth-order valence-electron chi connectivity index (χ4n) is 2.45. The second-order valence-corrected chi connectivity index (χ2v) is 6.66. The number of nitrogens with zero attached hydrogens (tertiary/aromatic N) is 1. The zero-order valence-electron chi connectivity index (χ0n) is 13.0. The van der Waals surface area contributed by atoms with Crippen LogP contribution in [0.2, 0.25) is 5.02 Å². The van der Waals surface area contributed by atoms with Crippen molar-refractivity contribution < 1.29 is 14.3 Å². The summed E-state index contributed by atoms with van der Waals surface area (Å²) in [4.78, 5) is 16.8. The van der Waals surface area contributed by atoms with Gasteiger partial charge in [-0.15, -0.1) is 11.3 Å². The predicted octanol–water partition coefficient (Wildman–Crippen LogP) is 4.49. The summed E-state index contributed by atoms with van der Waals surface area (Å²) in [6, 6.07) is 12.7. The lowest BCUT2D eigenvalue weighted by Crippen LogP contribution is -2.16. The van der Waals surface area contributed by atoms with Gasteiger partial charge in [0.1, 0.15) is 23.9 Å². The lowest BCUT2D eigenvalue weighted by molar-refractivity contribution is 0.102. The molecule has 1 amide bonds. The number of halogens is 1. The quantitative estimate of drug-likeness (QED) is 0.736. The Hall–Kier alpha value is -2.57. The Kier molecular flexibility index (Phi) is 4.29. The van der Waals surface area contributed by atoms with Crippen LogP contribution in [0.4, 0.5) is 5.69 Å². The van der Waals surface area contributed by atoms with Crippen molar-refractivity contribution in [1.29, 1.82) is 0 Å². The van der Waals surface area contributed by atoms with Crippen LogP contribution in [0.5, 0.6) is 11.5 Å². The summed E-state index contributed by atoms with van der Waals surface area (Å²) in [5.41, 5.74) is 1.87. The SMILES string of the molecule is O=C(Nc1ccc2c(c1)OCCO2)c1csc(-c2cccc(Cl)c2)n1. The van der Waals surface area contributed by atoms with Crippen LogP contribution in [0.3, 0.4) is 0 Å². The van der Waals surface area contributed by atoms with Gasteiger partial charge < -0.3 is 14.8 Å². The Labute approximate surface area is 153 Å². The van der Waals surface area contributed by atoms with Gasteiger partial charge in [0.2, 0.25) is 0 Å². The van der Waals surface area contributed by atoms with E-state index in [2.05, 4.69) is 10.3 Å². The minimum Gasteiger partial charge on any atom is -0.486 e. The highest BCUT2D eigenvalue weighted by Gasteiger charge is 2.15. The minimum absolute atomic E-state index is 0.277. The second-order valence-electron chi connectivity index (χ2n) is 5.36. The van der Waals surface area contributed by atoms with Crippen LogP contribution in [0.15, 0.2) is 47.8 Å². The van der Waals surface area contributed by atoms with Gasteiger partial charge in [0.05, 0.1) is 0 Å². The van der Waals surface area contributed by atoms with E-state index in [1.807, 2.05) is 18.2 Å². The Morgan fingerprint density at radius 3 is 2.80 bits per heavy atom. The van der Waals surface area contributed by atoms with Gasteiger partial charge in [-0.25, -0.2) is 4.98 Å². The average molecular weight is 373 g/mol. The van der Waals surface area contributed by atoms with Crippen LogP contribution in [0.1, 0.15) is 10.5 Å². The van der Waals surface area contributed by atoms with Crippen molar-refractivity contribution in [3.05, 3.63) is 58.6 Å². The van der Waals surface area contributed by atoms with Crippen molar-refractivity contribution in [3.63, 3.8) is 0 Å². The number of hydrogen-bond acceptors (Lipinski definition) is 5. The van der Waals surface area contributed by atoms with Gasteiger partial charge in [-0.2, -0.15) is 0 Å². The number of fused-ring (bicyclic) bond motifs is 1. The number of nitrogens with one attached hydrogen (secondary N) is 1. The molecule has 0 saturated carbocycles. The first-order chi connectivity index (χ1) is 12.2. The summed E-state index contributed by atoms with van der Waals surface area (Å²) in [5, 5.41) is 5.93. The summed E-state index contributed by atoms with van der Waals surface area (Å²) in [5.74, 6) is 1.03. The van der Waals surface area contributed by atoms with Crippen molar-refractivity contribution in [2.45, 2.75) is 0 Å². The highest BCUT2D eigenvalue weighted by molar-refractivity contribution is 7.13. The van der Waals surface area contributed by atoms with Crippen LogP contribution >= 0.6 is 22.9 Å². The number of thiazole rings is 1. The molecule has 1 aliphatic rings.